The molecule has 1 heterocycles. The molecule has 0 saturated carbocycles. The van der Waals surface area contributed by atoms with Crippen LogP contribution < -0.4 is 10.6 Å². The highest BCUT2D eigenvalue weighted by Gasteiger charge is 2.07. The minimum Gasteiger partial charge on any atom is -0.465 e. The Hall–Kier alpha value is -3.48. The predicted molar refractivity (Wildman–Crippen MR) is 106 cm³/mol. The molecule has 0 fully saturated rings. The smallest absolute Gasteiger partial charge is 0.337 e. The number of methoxy groups -OCH3 is 1. The van der Waals surface area contributed by atoms with E-state index in [0.29, 0.717) is 29.6 Å². The number of ether oxygens (including phenoxy) is 1. The summed E-state index contributed by atoms with van der Waals surface area (Å²) < 4.78 is 17.7. The summed E-state index contributed by atoms with van der Waals surface area (Å²) in [5, 5.41) is 6.36. The van der Waals surface area contributed by atoms with Gasteiger partial charge < -0.3 is 15.4 Å². The Balaban J connectivity index is 1.66. The van der Waals surface area contributed by atoms with E-state index in [9.17, 15) is 9.18 Å². The number of aryl methyl sites for hydroxylation is 1. The summed E-state index contributed by atoms with van der Waals surface area (Å²) in [6.07, 6.45) is 0.743. The van der Waals surface area contributed by atoms with E-state index in [-0.39, 0.29) is 5.82 Å². The molecule has 0 amide bonds. The van der Waals surface area contributed by atoms with Gasteiger partial charge in [0.25, 0.3) is 0 Å². The van der Waals surface area contributed by atoms with Crippen molar-refractivity contribution in [2.45, 2.75) is 13.3 Å². The number of aromatic nitrogens is 2. The molecular weight excluding hydrogens is 359 g/mol. The second kappa shape index (κ2) is 8.94. The quantitative estimate of drug-likeness (QED) is 0.601. The molecule has 3 rings (SSSR count). The number of halogens is 1. The molecule has 7 heteroatoms. The second-order valence-corrected chi connectivity index (χ2v) is 6.22. The van der Waals surface area contributed by atoms with Crippen molar-refractivity contribution < 1.29 is 13.9 Å². The van der Waals surface area contributed by atoms with Crippen molar-refractivity contribution >= 4 is 23.4 Å². The van der Waals surface area contributed by atoms with Crippen LogP contribution in [0.5, 0.6) is 0 Å². The number of nitrogens with one attached hydrogen (secondary N) is 2. The Kier molecular flexibility index (Phi) is 6.16. The zero-order valence-electron chi connectivity index (χ0n) is 15.7. The first-order valence-electron chi connectivity index (χ1n) is 8.83. The topological polar surface area (TPSA) is 76.1 Å². The van der Waals surface area contributed by atoms with Crippen LogP contribution in [0.3, 0.4) is 0 Å². The molecule has 0 atom stereocenters. The Morgan fingerprint density at radius 1 is 1.11 bits per heavy atom. The fourth-order valence-electron chi connectivity index (χ4n) is 2.67. The summed E-state index contributed by atoms with van der Waals surface area (Å²) in [4.78, 5) is 20.5. The molecule has 0 saturated heterocycles. The Morgan fingerprint density at radius 3 is 2.64 bits per heavy atom. The molecule has 6 nitrogen and oxygen atoms in total. The van der Waals surface area contributed by atoms with E-state index < -0.39 is 5.97 Å². The van der Waals surface area contributed by atoms with E-state index >= 15 is 0 Å². The molecule has 0 aliphatic rings. The van der Waals surface area contributed by atoms with E-state index in [1.54, 1.807) is 30.3 Å². The number of hydrogen-bond acceptors (Lipinski definition) is 6. The lowest BCUT2D eigenvalue weighted by Crippen LogP contribution is -2.09. The maximum Gasteiger partial charge on any atom is 0.337 e. The number of benzene rings is 2. The summed E-state index contributed by atoms with van der Waals surface area (Å²) in [6.45, 7) is 2.53. The fourth-order valence-corrected chi connectivity index (χ4v) is 2.67. The average molecular weight is 380 g/mol. The molecular formula is C21H21FN4O2. The van der Waals surface area contributed by atoms with Gasteiger partial charge in [0.2, 0.25) is 5.95 Å². The number of carbonyl (C=O) groups is 1. The monoisotopic (exact) mass is 380 g/mol. The van der Waals surface area contributed by atoms with Crippen molar-refractivity contribution in [1.82, 2.24) is 9.97 Å². The number of rotatable bonds is 7. The molecule has 1 aromatic heterocycles. The van der Waals surface area contributed by atoms with Gasteiger partial charge in [-0.1, -0.05) is 18.2 Å². The number of nitrogens with zero attached hydrogens (tertiary/aromatic N) is 2. The molecule has 0 spiro atoms. The zero-order chi connectivity index (χ0) is 19.9. The van der Waals surface area contributed by atoms with Crippen molar-refractivity contribution in [2.75, 3.05) is 24.3 Å². The van der Waals surface area contributed by atoms with Crippen molar-refractivity contribution in [1.29, 1.82) is 0 Å². The maximum absolute atomic E-state index is 13.0. The van der Waals surface area contributed by atoms with Crippen LogP contribution in [-0.2, 0) is 11.2 Å². The minimum atomic E-state index is -0.406. The molecule has 0 aliphatic carbocycles. The number of esters is 1. The molecule has 0 bridgehead atoms. The SMILES string of the molecule is COC(=O)c1cccc(Nc2nc(C)cc(NCCc3ccc(F)cc3)n2)c1. The lowest BCUT2D eigenvalue weighted by molar-refractivity contribution is 0.0601. The fraction of sp³-hybridized carbons (Fsp3) is 0.190. The van der Waals surface area contributed by atoms with Crippen molar-refractivity contribution in [3.05, 3.63) is 77.2 Å². The standard InChI is InChI=1S/C21H21FN4O2/c1-14-12-19(23-11-10-15-6-8-17(22)9-7-15)26-21(24-14)25-18-5-3-4-16(13-18)20(27)28-2/h3-9,12-13H,10-11H2,1-2H3,(H2,23,24,25,26). The first kappa shape index (κ1) is 19.3. The van der Waals surface area contributed by atoms with Crippen LogP contribution >= 0.6 is 0 Å². The highest BCUT2D eigenvalue weighted by molar-refractivity contribution is 5.90. The van der Waals surface area contributed by atoms with Gasteiger partial charge in [0.05, 0.1) is 12.7 Å². The van der Waals surface area contributed by atoms with Gasteiger partial charge in [-0.15, -0.1) is 0 Å². The van der Waals surface area contributed by atoms with Gasteiger partial charge in [0.1, 0.15) is 11.6 Å². The summed E-state index contributed by atoms with van der Waals surface area (Å²) in [5.74, 6) is 0.458. The number of hydrogen-bond donors (Lipinski definition) is 2. The van der Waals surface area contributed by atoms with Crippen molar-refractivity contribution in [3.8, 4) is 0 Å². The molecule has 2 N–H and O–H groups in total. The molecule has 144 valence electrons. The van der Waals surface area contributed by atoms with Crippen LogP contribution in [0.25, 0.3) is 0 Å². The van der Waals surface area contributed by atoms with E-state index in [1.165, 1.54) is 19.2 Å². The van der Waals surface area contributed by atoms with Gasteiger partial charge in [-0.25, -0.2) is 14.2 Å². The van der Waals surface area contributed by atoms with Crippen LogP contribution in [0.15, 0.2) is 54.6 Å². The van der Waals surface area contributed by atoms with E-state index in [4.69, 9.17) is 4.74 Å². The van der Waals surface area contributed by atoms with Crippen molar-refractivity contribution in [3.63, 3.8) is 0 Å². The van der Waals surface area contributed by atoms with Crippen LogP contribution in [-0.4, -0.2) is 29.6 Å². The highest BCUT2D eigenvalue weighted by atomic mass is 19.1. The lowest BCUT2D eigenvalue weighted by Gasteiger charge is -2.11. The molecule has 0 unspecified atom stereocenters. The Labute approximate surface area is 162 Å². The Bertz CT molecular complexity index is 961. The molecule has 28 heavy (non-hydrogen) atoms. The third-order valence-electron chi connectivity index (χ3n) is 4.03. The van der Waals surface area contributed by atoms with E-state index in [1.807, 2.05) is 19.1 Å². The maximum atomic E-state index is 13.0. The van der Waals surface area contributed by atoms with Crippen LogP contribution in [0.4, 0.5) is 21.8 Å². The van der Waals surface area contributed by atoms with Gasteiger partial charge in [-0.3, -0.25) is 0 Å². The molecule has 0 aliphatic heterocycles. The first-order chi connectivity index (χ1) is 13.5. The zero-order valence-corrected chi connectivity index (χ0v) is 15.7. The van der Waals surface area contributed by atoms with Gasteiger partial charge in [0.15, 0.2) is 0 Å². The van der Waals surface area contributed by atoms with Crippen LogP contribution in [0.1, 0.15) is 21.6 Å². The normalized spacial score (nSPS) is 10.4. The largest absolute Gasteiger partial charge is 0.465 e. The average Bonchev–Trinajstić information content (AvgIpc) is 2.68. The summed E-state index contributed by atoms with van der Waals surface area (Å²) in [6, 6.07) is 15.2. The van der Waals surface area contributed by atoms with Gasteiger partial charge in [0, 0.05) is 24.0 Å². The number of anilines is 3. The van der Waals surface area contributed by atoms with Gasteiger partial charge in [-0.05, 0) is 49.2 Å². The molecule has 3 aromatic rings. The summed E-state index contributed by atoms with van der Waals surface area (Å²) in [7, 11) is 1.34. The van der Waals surface area contributed by atoms with Crippen LogP contribution in [0.2, 0.25) is 0 Å². The Morgan fingerprint density at radius 2 is 1.89 bits per heavy atom. The molecule has 0 radical (unpaired) electrons. The minimum absolute atomic E-state index is 0.241. The third kappa shape index (κ3) is 5.26. The highest BCUT2D eigenvalue weighted by Crippen LogP contribution is 2.18. The number of carbonyl (C=O) groups excluding carboxylic acids is 1. The summed E-state index contributed by atoms with van der Waals surface area (Å²) >= 11 is 0. The second-order valence-electron chi connectivity index (χ2n) is 6.22. The molecule has 2 aromatic carbocycles. The van der Waals surface area contributed by atoms with E-state index in [0.717, 1.165) is 17.7 Å². The van der Waals surface area contributed by atoms with E-state index in [2.05, 4.69) is 20.6 Å². The van der Waals surface area contributed by atoms with Crippen LogP contribution in [0, 0.1) is 12.7 Å². The van der Waals surface area contributed by atoms with Crippen molar-refractivity contribution in [2.24, 2.45) is 0 Å². The predicted octanol–water partition coefficient (Wildman–Crippen LogP) is 4.11. The first-order valence-corrected chi connectivity index (χ1v) is 8.83. The third-order valence-corrected chi connectivity index (χ3v) is 4.03. The lowest BCUT2D eigenvalue weighted by atomic mass is 10.1. The summed E-state index contributed by atoms with van der Waals surface area (Å²) in [5.41, 5.74) is 2.96. The van der Waals surface area contributed by atoms with Gasteiger partial charge >= 0.3 is 5.97 Å². The van der Waals surface area contributed by atoms with Gasteiger partial charge in [-0.2, -0.15) is 4.98 Å².